The minimum atomic E-state index is 0.165. The van der Waals surface area contributed by atoms with Crippen molar-refractivity contribution in [3.8, 4) is 0 Å². The van der Waals surface area contributed by atoms with Crippen molar-refractivity contribution in [3.63, 3.8) is 0 Å². The van der Waals surface area contributed by atoms with E-state index in [-0.39, 0.29) is 6.03 Å². The van der Waals surface area contributed by atoms with Gasteiger partial charge in [0.2, 0.25) is 0 Å². The summed E-state index contributed by atoms with van der Waals surface area (Å²) >= 11 is 0. The zero-order valence-corrected chi connectivity index (χ0v) is 14.0. The summed E-state index contributed by atoms with van der Waals surface area (Å²) < 4.78 is 0. The normalized spacial score (nSPS) is 16.7. The van der Waals surface area contributed by atoms with Crippen molar-refractivity contribution in [3.05, 3.63) is 0 Å². The zero-order chi connectivity index (χ0) is 15.0. The van der Waals surface area contributed by atoms with E-state index >= 15 is 0 Å². The van der Waals surface area contributed by atoms with E-state index in [1.165, 1.54) is 19.3 Å². The highest BCUT2D eigenvalue weighted by atomic mass is 16.2. The number of nitrogens with one attached hydrogen (secondary N) is 1. The Bertz CT molecular complexity index is 258. The van der Waals surface area contributed by atoms with Crippen molar-refractivity contribution in [1.29, 1.82) is 0 Å². The number of hydrogen-bond donors (Lipinski definition) is 1. The summed E-state index contributed by atoms with van der Waals surface area (Å²) in [6, 6.07) is 0.579. The Kier molecular flexibility index (Phi) is 8.01. The highest BCUT2D eigenvalue weighted by Crippen LogP contribution is 2.18. The molecule has 1 fully saturated rings. The Morgan fingerprint density at radius 1 is 1.00 bits per heavy atom. The first-order chi connectivity index (χ1) is 9.49. The van der Waals surface area contributed by atoms with Gasteiger partial charge >= 0.3 is 6.03 Å². The molecule has 3 nitrogen and oxygen atoms in total. The minimum absolute atomic E-state index is 0.165. The molecular weight excluding hydrogens is 248 g/mol. The van der Waals surface area contributed by atoms with Crippen LogP contribution >= 0.6 is 0 Å². The number of amides is 2. The monoisotopic (exact) mass is 282 g/mol. The van der Waals surface area contributed by atoms with Gasteiger partial charge in [-0.15, -0.1) is 0 Å². The van der Waals surface area contributed by atoms with Crippen LogP contribution in [0.4, 0.5) is 4.79 Å². The fourth-order valence-electron chi connectivity index (χ4n) is 2.66. The number of nitrogens with zero attached hydrogens (tertiary/aromatic N) is 1. The molecule has 0 aromatic rings. The van der Waals surface area contributed by atoms with E-state index in [1.54, 1.807) is 0 Å². The summed E-state index contributed by atoms with van der Waals surface area (Å²) in [6.45, 7) is 10.7. The molecule has 1 rings (SSSR count). The van der Waals surface area contributed by atoms with Gasteiger partial charge in [0.15, 0.2) is 0 Å². The van der Waals surface area contributed by atoms with Gasteiger partial charge in [0.25, 0.3) is 0 Å². The molecule has 3 heteroatoms. The second-order valence-electron chi connectivity index (χ2n) is 7.14. The quantitative estimate of drug-likeness (QED) is 0.736. The van der Waals surface area contributed by atoms with Crippen molar-refractivity contribution >= 4 is 6.03 Å². The summed E-state index contributed by atoms with van der Waals surface area (Å²) in [6.07, 6.45) is 8.37. The van der Waals surface area contributed by atoms with E-state index in [0.717, 1.165) is 38.8 Å². The lowest BCUT2D eigenvalue weighted by molar-refractivity contribution is 0.184. The molecule has 118 valence electrons. The third kappa shape index (κ3) is 7.16. The van der Waals surface area contributed by atoms with Crippen LogP contribution in [0.5, 0.6) is 0 Å². The van der Waals surface area contributed by atoms with Crippen molar-refractivity contribution in [1.82, 2.24) is 10.2 Å². The van der Waals surface area contributed by atoms with Gasteiger partial charge in [-0.2, -0.15) is 0 Å². The van der Waals surface area contributed by atoms with Gasteiger partial charge in [-0.1, -0.05) is 47.0 Å². The molecule has 0 aliphatic heterocycles. The summed E-state index contributed by atoms with van der Waals surface area (Å²) in [7, 11) is 0. The van der Waals surface area contributed by atoms with Crippen LogP contribution in [0.25, 0.3) is 0 Å². The SMILES string of the molecule is CC(C)CCN(CCC(C)C)C(=O)NC1CCCCC1. The molecule has 0 bridgehead atoms. The zero-order valence-electron chi connectivity index (χ0n) is 14.0. The molecule has 1 aliphatic carbocycles. The fraction of sp³-hybridized carbons (Fsp3) is 0.941. The van der Waals surface area contributed by atoms with Gasteiger partial charge in [-0.05, 0) is 37.5 Å². The molecule has 20 heavy (non-hydrogen) atoms. The van der Waals surface area contributed by atoms with Crippen molar-refractivity contribution < 1.29 is 4.79 Å². The Morgan fingerprint density at radius 2 is 1.50 bits per heavy atom. The van der Waals surface area contributed by atoms with Crippen LogP contribution in [0.3, 0.4) is 0 Å². The predicted molar refractivity (Wildman–Crippen MR) is 85.9 cm³/mol. The minimum Gasteiger partial charge on any atom is -0.335 e. The maximum absolute atomic E-state index is 12.5. The van der Waals surface area contributed by atoms with Gasteiger partial charge in [-0.3, -0.25) is 0 Å². The van der Waals surface area contributed by atoms with E-state index < -0.39 is 0 Å². The Morgan fingerprint density at radius 3 is 1.95 bits per heavy atom. The van der Waals surface area contributed by atoms with E-state index in [1.807, 2.05) is 4.90 Å². The van der Waals surface area contributed by atoms with Crippen molar-refractivity contribution in [2.24, 2.45) is 11.8 Å². The Labute approximate surface area is 125 Å². The molecule has 0 saturated heterocycles. The van der Waals surface area contributed by atoms with Crippen molar-refractivity contribution in [2.45, 2.75) is 78.7 Å². The molecule has 1 saturated carbocycles. The molecule has 0 heterocycles. The smallest absolute Gasteiger partial charge is 0.317 e. The lowest BCUT2D eigenvalue weighted by atomic mass is 9.96. The van der Waals surface area contributed by atoms with Gasteiger partial charge < -0.3 is 10.2 Å². The lowest BCUT2D eigenvalue weighted by Gasteiger charge is -2.29. The van der Waals surface area contributed by atoms with Crippen LogP contribution in [-0.4, -0.2) is 30.1 Å². The van der Waals surface area contributed by atoms with Crippen LogP contribution in [0.2, 0.25) is 0 Å². The lowest BCUT2D eigenvalue weighted by Crippen LogP contribution is -2.46. The standard InChI is InChI=1S/C17H34N2O/c1-14(2)10-12-19(13-11-15(3)4)17(20)18-16-8-6-5-7-9-16/h14-16H,5-13H2,1-4H3,(H,18,20). The molecule has 0 atom stereocenters. The molecule has 0 unspecified atom stereocenters. The fourth-order valence-corrected chi connectivity index (χ4v) is 2.66. The molecule has 0 aromatic heterocycles. The highest BCUT2D eigenvalue weighted by Gasteiger charge is 2.20. The second-order valence-corrected chi connectivity index (χ2v) is 7.14. The first kappa shape index (κ1) is 17.3. The van der Waals surface area contributed by atoms with Crippen molar-refractivity contribution in [2.75, 3.05) is 13.1 Å². The van der Waals surface area contributed by atoms with Gasteiger partial charge in [0.05, 0.1) is 0 Å². The molecule has 1 aliphatic rings. The third-order valence-corrected chi connectivity index (χ3v) is 4.17. The molecule has 1 N–H and O–H groups in total. The maximum Gasteiger partial charge on any atom is 0.317 e. The van der Waals surface area contributed by atoms with Gasteiger partial charge in [-0.25, -0.2) is 4.79 Å². The van der Waals surface area contributed by atoms with Crippen LogP contribution in [0.15, 0.2) is 0 Å². The molecule has 0 radical (unpaired) electrons. The van der Waals surface area contributed by atoms with E-state index in [0.29, 0.717) is 17.9 Å². The van der Waals surface area contributed by atoms with E-state index in [4.69, 9.17) is 0 Å². The average molecular weight is 282 g/mol. The molecule has 2 amide bonds. The van der Waals surface area contributed by atoms with Crippen LogP contribution in [0, 0.1) is 11.8 Å². The number of rotatable bonds is 7. The largest absolute Gasteiger partial charge is 0.335 e. The first-order valence-corrected chi connectivity index (χ1v) is 8.54. The average Bonchev–Trinajstić information content (AvgIpc) is 2.39. The first-order valence-electron chi connectivity index (χ1n) is 8.54. The number of hydrogen-bond acceptors (Lipinski definition) is 1. The number of urea groups is 1. The summed E-state index contributed by atoms with van der Waals surface area (Å²) in [5.74, 6) is 1.30. The Balaban J connectivity index is 2.43. The predicted octanol–water partition coefficient (Wildman–Crippen LogP) is 4.42. The number of carbonyl (C=O) groups excluding carboxylic acids is 1. The summed E-state index contributed by atoms with van der Waals surface area (Å²) in [4.78, 5) is 14.5. The maximum atomic E-state index is 12.5. The van der Waals surface area contributed by atoms with Gasteiger partial charge in [0.1, 0.15) is 0 Å². The molecule has 0 spiro atoms. The third-order valence-electron chi connectivity index (χ3n) is 4.17. The molecular formula is C17H34N2O. The van der Waals surface area contributed by atoms with Crippen LogP contribution < -0.4 is 5.32 Å². The Hall–Kier alpha value is -0.730. The van der Waals surface area contributed by atoms with Crippen LogP contribution in [0.1, 0.15) is 72.6 Å². The highest BCUT2D eigenvalue weighted by molar-refractivity contribution is 5.74. The summed E-state index contributed by atoms with van der Waals surface area (Å²) in [5.41, 5.74) is 0. The summed E-state index contributed by atoms with van der Waals surface area (Å²) in [5, 5.41) is 3.25. The topological polar surface area (TPSA) is 32.3 Å². The second kappa shape index (κ2) is 9.25. The van der Waals surface area contributed by atoms with Gasteiger partial charge in [0, 0.05) is 19.1 Å². The van der Waals surface area contributed by atoms with E-state index in [9.17, 15) is 4.79 Å². The van der Waals surface area contributed by atoms with E-state index in [2.05, 4.69) is 33.0 Å². The molecule has 0 aromatic carbocycles. The number of carbonyl (C=O) groups is 1. The van der Waals surface area contributed by atoms with Crippen LogP contribution in [-0.2, 0) is 0 Å².